The fourth-order valence-electron chi connectivity index (χ4n) is 6.90. The van der Waals surface area contributed by atoms with Gasteiger partial charge in [0.05, 0.1) is 5.75 Å². The van der Waals surface area contributed by atoms with E-state index in [1.54, 1.807) is 31.0 Å². The van der Waals surface area contributed by atoms with E-state index in [2.05, 4.69) is 35.5 Å². The quantitative estimate of drug-likeness (QED) is 0.398. The van der Waals surface area contributed by atoms with E-state index in [-0.39, 0.29) is 5.91 Å². The smallest absolute Gasteiger partial charge is 0.229 e. The van der Waals surface area contributed by atoms with Gasteiger partial charge in [-0.05, 0) is 105 Å². The predicted octanol–water partition coefficient (Wildman–Crippen LogP) is 5.78. The number of nitrogens with one attached hydrogen (secondary N) is 1. The molecular weight excluding hydrogens is 388 g/mol. The molecule has 1 heterocycles. The van der Waals surface area contributed by atoms with Crippen molar-refractivity contribution in [1.29, 1.82) is 0 Å². The SMILES string of the molecule is CCCCCNC(=O)CSCCC1=CCN(CCC23CC4CC(CC(C4)C2)C3)C=C1. The molecule has 1 amide bonds. The van der Waals surface area contributed by atoms with Crippen LogP contribution in [0.1, 0.15) is 77.6 Å². The highest BCUT2D eigenvalue weighted by atomic mass is 32.2. The van der Waals surface area contributed by atoms with Crippen LogP contribution in [0.15, 0.2) is 23.9 Å². The molecule has 0 unspecified atom stereocenters. The van der Waals surface area contributed by atoms with Gasteiger partial charge in [-0.15, -0.1) is 0 Å². The number of amides is 1. The van der Waals surface area contributed by atoms with Crippen LogP contribution < -0.4 is 5.32 Å². The fraction of sp³-hybridized carbons (Fsp3) is 0.808. The first kappa shape index (κ1) is 22.3. The van der Waals surface area contributed by atoms with Gasteiger partial charge in [-0.1, -0.05) is 25.8 Å². The Bertz CT molecular complexity index is 606. The third-order valence-corrected chi connectivity index (χ3v) is 9.01. The summed E-state index contributed by atoms with van der Waals surface area (Å²) in [6.07, 6.45) is 22.3. The molecule has 0 atom stereocenters. The highest BCUT2D eigenvalue weighted by molar-refractivity contribution is 7.99. The largest absolute Gasteiger partial charge is 0.374 e. The second-order valence-electron chi connectivity index (χ2n) is 10.6. The minimum atomic E-state index is 0.195. The maximum atomic E-state index is 11.8. The molecule has 30 heavy (non-hydrogen) atoms. The van der Waals surface area contributed by atoms with Gasteiger partial charge < -0.3 is 10.2 Å². The van der Waals surface area contributed by atoms with Crippen molar-refractivity contribution < 1.29 is 4.79 Å². The summed E-state index contributed by atoms with van der Waals surface area (Å²) in [5.74, 6) is 5.02. The van der Waals surface area contributed by atoms with E-state index in [4.69, 9.17) is 0 Å². The van der Waals surface area contributed by atoms with Crippen molar-refractivity contribution in [2.45, 2.75) is 77.6 Å². The first-order valence-corrected chi connectivity index (χ1v) is 13.8. The van der Waals surface area contributed by atoms with Crippen LogP contribution in [-0.2, 0) is 4.79 Å². The predicted molar refractivity (Wildman–Crippen MR) is 128 cm³/mol. The Balaban J connectivity index is 1.09. The summed E-state index contributed by atoms with van der Waals surface area (Å²) in [6, 6.07) is 0. The summed E-state index contributed by atoms with van der Waals surface area (Å²) < 4.78 is 0. The molecule has 168 valence electrons. The first-order chi connectivity index (χ1) is 14.6. The molecular formula is C26H42N2OS. The third kappa shape index (κ3) is 6.08. The lowest BCUT2D eigenvalue weighted by Crippen LogP contribution is -2.47. The van der Waals surface area contributed by atoms with Crippen molar-refractivity contribution >= 4 is 17.7 Å². The molecule has 0 aromatic heterocycles. The summed E-state index contributed by atoms with van der Waals surface area (Å²) in [5.41, 5.74) is 2.14. The average Bonchev–Trinajstić information content (AvgIpc) is 2.73. The zero-order valence-corrected chi connectivity index (χ0v) is 19.9. The summed E-state index contributed by atoms with van der Waals surface area (Å²) in [7, 11) is 0. The lowest BCUT2D eigenvalue weighted by Gasteiger charge is -2.57. The molecule has 4 fully saturated rings. The van der Waals surface area contributed by atoms with Crippen molar-refractivity contribution in [3.63, 3.8) is 0 Å². The first-order valence-electron chi connectivity index (χ1n) is 12.6. The van der Waals surface area contributed by atoms with E-state index in [0.29, 0.717) is 11.2 Å². The zero-order valence-electron chi connectivity index (χ0n) is 19.0. The summed E-state index contributed by atoms with van der Waals surface area (Å²) >= 11 is 1.76. The van der Waals surface area contributed by atoms with Gasteiger partial charge in [0.25, 0.3) is 0 Å². The number of carbonyl (C=O) groups excluding carboxylic acids is 1. The number of thioether (sulfide) groups is 1. The van der Waals surface area contributed by atoms with Gasteiger partial charge in [0.1, 0.15) is 0 Å². The van der Waals surface area contributed by atoms with E-state index in [9.17, 15) is 4.79 Å². The molecule has 4 saturated carbocycles. The van der Waals surface area contributed by atoms with Gasteiger partial charge in [-0.3, -0.25) is 4.79 Å². The van der Waals surface area contributed by atoms with Gasteiger partial charge in [-0.25, -0.2) is 0 Å². The molecule has 0 aromatic carbocycles. The second kappa shape index (κ2) is 10.6. The topological polar surface area (TPSA) is 32.3 Å². The molecule has 4 bridgehead atoms. The molecule has 1 aliphatic heterocycles. The van der Waals surface area contributed by atoms with Crippen molar-refractivity contribution in [3.05, 3.63) is 23.9 Å². The van der Waals surface area contributed by atoms with Gasteiger partial charge in [0.15, 0.2) is 0 Å². The lowest BCUT2D eigenvalue weighted by atomic mass is 9.49. The summed E-state index contributed by atoms with van der Waals surface area (Å²) in [6.45, 7) is 5.33. The van der Waals surface area contributed by atoms with E-state index in [0.717, 1.165) is 49.4 Å². The Hall–Kier alpha value is -0.900. The van der Waals surface area contributed by atoms with Crippen LogP contribution in [0.5, 0.6) is 0 Å². The Labute approximate surface area is 188 Å². The molecule has 4 aliphatic carbocycles. The molecule has 4 heteroatoms. The molecule has 0 spiro atoms. The second-order valence-corrected chi connectivity index (χ2v) is 11.7. The number of unbranched alkanes of at least 4 members (excludes halogenated alkanes) is 2. The molecule has 3 nitrogen and oxygen atoms in total. The molecule has 0 aromatic rings. The van der Waals surface area contributed by atoms with E-state index < -0.39 is 0 Å². The minimum Gasteiger partial charge on any atom is -0.374 e. The molecule has 0 radical (unpaired) electrons. The third-order valence-electron chi connectivity index (χ3n) is 8.05. The normalized spacial score (nSPS) is 31.8. The number of carbonyl (C=O) groups is 1. The van der Waals surface area contributed by atoms with Crippen molar-refractivity contribution in [2.75, 3.05) is 31.1 Å². The average molecular weight is 431 g/mol. The Morgan fingerprint density at radius 1 is 1.17 bits per heavy atom. The molecule has 1 N–H and O–H groups in total. The highest BCUT2D eigenvalue weighted by Crippen LogP contribution is 2.61. The lowest BCUT2D eigenvalue weighted by molar-refractivity contribution is -0.118. The van der Waals surface area contributed by atoms with Crippen LogP contribution in [0.3, 0.4) is 0 Å². The van der Waals surface area contributed by atoms with Gasteiger partial charge in [0.2, 0.25) is 5.91 Å². The number of hydrogen-bond donors (Lipinski definition) is 1. The van der Waals surface area contributed by atoms with Crippen LogP contribution in [-0.4, -0.2) is 41.9 Å². The fourth-order valence-corrected chi connectivity index (χ4v) is 7.71. The maximum absolute atomic E-state index is 11.8. The van der Waals surface area contributed by atoms with Crippen LogP contribution in [0.25, 0.3) is 0 Å². The van der Waals surface area contributed by atoms with E-state index in [1.807, 2.05) is 0 Å². The zero-order chi connectivity index (χ0) is 20.8. The Morgan fingerprint density at radius 2 is 1.90 bits per heavy atom. The van der Waals surface area contributed by atoms with Gasteiger partial charge in [0, 0.05) is 19.6 Å². The van der Waals surface area contributed by atoms with Gasteiger partial charge >= 0.3 is 0 Å². The van der Waals surface area contributed by atoms with Crippen LogP contribution in [0.2, 0.25) is 0 Å². The van der Waals surface area contributed by atoms with Gasteiger partial charge in [-0.2, -0.15) is 11.8 Å². The number of hydrogen-bond acceptors (Lipinski definition) is 3. The summed E-state index contributed by atoms with van der Waals surface area (Å²) in [5, 5.41) is 3.03. The monoisotopic (exact) mass is 430 g/mol. The number of rotatable bonds is 12. The molecule has 5 rings (SSSR count). The minimum absolute atomic E-state index is 0.195. The molecule has 5 aliphatic rings. The number of allylic oxidation sites excluding steroid dienone is 2. The van der Waals surface area contributed by atoms with Crippen LogP contribution >= 0.6 is 11.8 Å². The summed E-state index contributed by atoms with van der Waals surface area (Å²) in [4.78, 5) is 14.4. The standard InChI is InChI=1S/C26H42N2OS/c1-2-3-4-9-27-25(29)20-30-13-7-21-5-10-28(11-6-21)12-8-26-17-22-14-23(18-26)16-24(15-22)19-26/h5-6,10,22-24H,2-4,7-9,11-20H2,1H3,(H,27,29). The number of nitrogens with zero attached hydrogens (tertiary/aromatic N) is 1. The van der Waals surface area contributed by atoms with Crippen molar-refractivity contribution in [2.24, 2.45) is 23.2 Å². The van der Waals surface area contributed by atoms with Crippen LogP contribution in [0, 0.1) is 23.2 Å². The molecule has 0 saturated heterocycles. The highest BCUT2D eigenvalue weighted by Gasteiger charge is 2.50. The van der Waals surface area contributed by atoms with Crippen molar-refractivity contribution in [3.8, 4) is 0 Å². The Morgan fingerprint density at radius 3 is 2.53 bits per heavy atom. The Kier molecular flexibility index (Phi) is 7.89. The van der Waals surface area contributed by atoms with Crippen LogP contribution in [0.4, 0.5) is 0 Å². The van der Waals surface area contributed by atoms with E-state index in [1.165, 1.54) is 50.6 Å². The van der Waals surface area contributed by atoms with Crippen molar-refractivity contribution in [1.82, 2.24) is 10.2 Å². The van der Waals surface area contributed by atoms with E-state index >= 15 is 0 Å². The maximum Gasteiger partial charge on any atom is 0.229 e.